The maximum absolute atomic E-state index is 12.9. The van der Waals surface area contributed by atoms with E-state index < -0.39 is 6.03 Å². The number of nitrogens with one attached hydrogen (secondary N) is 3. The zero-order valence-corrected chi connectivity index (χ0v) is 21.4. The number of rotatable bonds is 8. The fourth-order valence-electron chi connectivity index (χ4n) is 3.94. The fraction of sp³-hybridized carbons (Fsp3) is 0.107. The molecule has 0 aliphatic carbocycles. The first-order valence-electron chi connectivity index (χ1n) is 11.9. The second kappa shape index (κ2) is 11.3. The molecule has 0 atom stereocenters. The summed E-state index contributed by atoms with van der Waals surface area (Å²) in [5, 5.41) is 10.2. The number of ether oxygens (including phenoxy) is 3. The number of hydrogen-bond donors (Lipinski definition) is 3. The van der Waals surface area contributed by atoms with Gasteiger partial charge in [0.2, 0.25) is 11.8 Å². The van der Waals surface area contributed by atoms with Crippen LogP contribution in [0.4, 0.5) is 22.1 Å². The molecule has 11 heteroatoms. The monoisotopic (exact) mass is 523 g/mol. The largest absolute Gasteiger partial charge is 0.497 e. The SMILES string of the molecule is CNc1ncnc(-c2cccnc2Oc2ccc(NC(=O)Nc3ccc(OC)cc3OC)c3ccccc23)n1. The summed E-state index contributed by atoms with van der Waals surface area (Å²) < 4.78 is 16.9. The normalized spacial score (nSPS) is 10.5. The molecule has 11 nitrogen and oxygen atoms in total. The first-order chi connectivity index (χ1) is 19.1. The van der Waals surface area contributed by atoms with Crippen LogP contribution < -0.4 is 30.2 Å². The molecule has 0 saturated carbocycles. The molecule has 0 fully saturated rings. The van der Waals surface area contributed by atoms with Gasteiger partial charge in [-0.05, 0) is 36.4 Å². The molecule has 196 valence electrons. The third kappa shape index (κ3) is 5.47. The molecule has 0 aliphatic rings. The molecule has 2 amide bonds. The van der Waals surface area contributed by atoms with Gasteiger partial charge in [-0.1, -0.05) is 24.3 Å². The Bertz CT molecular complexity index is 1640. The minimum atomic E-state index is -0.431. The van der Waals surface area contributed by atoms with E-state index in [2.05, 4.69) is 35.9 Å². The first kappa shape index (κ1) is 25.2. The van der Waals surface area contributed by atoms with Crippen molar-refractivity contribution in [1.82, 2.24) is 19.9 Å². The molecule has 0 spiro atoms. The van der Waals surface area contributed by atoms with E-state index in [-0.39, 0.29) is 0 Å². The van der Waals surface area contributed by atoms with Crippen LogP contribution >= 0.6 is 0 Å². The van der Waals surface area contributed by atoms with Crippen LogP contribution in [0.3, 0.4) is 0 Å². The zero-order valence-electron chi connectivity index (χ0n) is 21.4. The van der Waals surface area contributed by atoms with Crippen molar-refractivity contribution in [2.75, 3.05) is 37.2 Å². The van der Waals surface area contributed by atoms with Gasteiger partial charge >= 0.3 is 6.03 Å². The Morgan fingerprint density at radius 2 is 1.59 bits per heavy atom. The number of fused-ring (bicyclic) bond motifs is 1. The molecule has 2 aromatic heterocycles. The maximum Gasteiger partial charge on any atom is 0.323 e. The van der Waals surface area contributed by atoms with Gasteiger partial charge in [0.25, 0.3) is 0 Å². The molecule has 0 saturated heterocycles. The van der Waals surface area contributed by atoms with Gasteiger partial charge < -0.3 is 30.2 Å². The summed E-state index contributed by atoms with van der Waals surface area (Å²) >= 11 is 0. The van der Waals surface area contributed by atoms with Crippen molar-refractivity contribution < 1.29 is 19.0 Å². The molecule has 3 N–H and O–H groups in total. The van der Waals surface area contributed by atoms with E-state index in [9.17, 15) is 4.79 Å². The van der Waals surface area contributed by atoms with Gasteiger partial charge in [-0.25, -0.2) is 19.7 Å². The molecule has 5 rings (SSSR count). The highest BCUT2D eigenvalue weighted by molar-refractivity contribution is 6.08. The van der Waals surface area contributed by atoms with Crippen LogP contribution in [0.15, 0.2) is 79.3 Å². The molecule has 2 heterocycles. The molecule has 0 unspecified atom stereocenters. The second-order valence-electron chi connectivity index (χ2n) is 8.14. The number of aromatic nitrogens is 4. The van der Waals surface area contributed by atoms with Gasteiger partial charge in [0.05, 0.1) is 31.2 Å². The third-order valence-corrected chi connectivity index (χ3v) is 5.80. The van der Waals surface area contributed by atoms with E-state index in [1.54, 1.807) is 56.8 Å². The number of anilines is 3. The summed E-state index contributed by atoms with van der Waals surface area (Å²) in [5.41, 5.74) is 1.71. The number of hydrogen-bond acceptors (Lipinski definition) is 9. The summed E-state index contributed by atoms with van der Waals surface area (Å²) in [7, 11) is 4.82. The van der Waals surface area contributed by atoms with Crippen LogP contribution in [-0.2, 0) is 0 Å². The Hall–Kier alpha value is -5.45. The van der Waals surface area contributed by atoms with E-state index in [1.165, 1.54) is 13.4 Å². The van der Waals surface area contributed by atoms with Gasteiger partial charge in [-0.2, -0.15) is 4.98 Å². The van der Waals surface area contributed by atoms with E-state index in [4.69, 9.17) is 14.2 Å². The van der Waals surface area contributed by atoms with Gasteiger partial charge in [0.15, 0.2) is 5.82 Å². The Kier molecular flexibility index (Phi) is 7.30. The van der Waals surface area contributed by atoms with Crippen molar-refractivity contribution in [3.63, 3.8) is 0 Å². The van der Waals surface area contributed by atoms with Crippen molar-refractivity contribution in [2.45, 2.75) is 0 Å². The summed E-state index contributed by atoms with van der Waals surface area (Å²) in [6.07, 6.45) is 3.06. The van der Waals surface area contributed by atoms with E-state index in [0.717, 1.165) is 10.8 Å². The molecular weight excluding hydrogens is 498 g/mol. The van der Waals surface area contributed by atoms with E-state index in [1.807, 2.05) is 30.3 Å². The predicted octanol–water partition coefficient (Wildman–Crippen LogP) is 5.58. The molecule has 0 radical (unpaired) electrons. The van der Waals surface area contributed by atoms with Crippen molar-refractivity contribution >= 4 is 34.1 Å². The maximum atomic E-state index is 12.9. The van der Waals surface area contributed by atoms with Gasteiger partial charge in [-0.3, -0.25) is 0 Å². The fourth-order valence-corrected chi connectivity index (χ4v) is 3.94. The molecule has 39 heavy (non-hydrogen) atoms. The van der Waals surface area contributed by atoms with Crippen LogP contribution in [0.25, 0.3) is 22.2 Å². The minimum Gasteiger partial charge on any atom is -0.497 e. The number of nitrogens with zero attached hydrogens (tertiary/aromatic N) is 4. The Labute approximate surface area is 224 Å². The number of pyridine rings is 1. The highest BCUT2D eigenvalue weighted by Gasteiger charge is 2.16. The number of urea groups is 1. The van der Waals surface area contributed by atoms with E-state index >= 15 is 0 Å². The smallest absolute Gasteiger partial charge is 0.323 e. The topological polar surface area (TPSA) is 132 Å². The standard InChI is InChI=1S/C28H25N7O4/c1-29-27-32-16-31-25(35-27)20-9-6-14-30-26(20)39-23-13-12-21(18-7-4-5-8-19(18)23)33-28(36)34-22-11-10-17(37-2)15-24(22)38-3/h4-16H,1-3H3,(H2,33,34,36)(H,29,31,32,35). The molecular formula is C28H25N7O4. The highest BCUT2D eigenvalue weighted by atomic mass is 16.5. The lowest BCUT2D eigenvalue weighted by Crippen LogP contribution is -2.20. The number of carbonyl (C=O) groups is 1. The van der Waals surface area contributed by atoms with Crippen LogP contribution in [0.1, 0.15) is 0 Å². The van der Waals surface area contributed by atoms with Crippen molar-refractivity contribution in [3.8, 4) is 34.5 Å². The lowest BCUT2D eigenvalue weighted by molar-refractivity contribution is 0.262. The lowest BCUT2D eigenvalue weighted by Gasteiger charge is -2.15. The van der Waals surface area contributed by atoms with Crippen LogP contribution in [0, 0.1) is 0 Å². The minimum absolute atomic E-state index is 0.334. The molecule has 0 aliphatic heterocycles. The van der Waals surface area contributed by atoms with Crippen LogP contribution in [0.2, 0.25) is 0 Å². The molecule has 5 aromatic rings. The van der Waals surface area contributed by atoms with Crippen LogP contribution in [-0.4, -0.2) is 47.2 Å². The Balaban J connectivity index is 1.42. The lowest BCUT2D eigenvalue weighted by atomic mass is 10.1. The average molecular weight is 524 g/mol. The Morgan fingerprint density at radius 3 is 2.38 bits per heavy atom. The summed E-state index contributed by atoms with van der Waals surface area (Å²) in [4.78, 5) is 30.1. The molecule has 0 bridgehead atoms. The number of amides is 2. The second-order valence-corrected chi connectivity index (χ2v) is 8.14. The third-order valence-electron chi connectivity index (χ3n) is 5.80. The first-order valence-corrected chi connectivity index (χ1v) is 11.9. The van der Waals surface area contributed by atoms with Gasteiger partial charge in [0, 0.05) is 30.1 Å². The van der Waals surface area contributed by atoms with Gasteiger partial charge in [0.1, 0.15) is 23.6 Å². The van der Waals surface area contributed by atoms with Gasteiger partial charge in [-0.15, -0.1) is 0 Å². The summed E-state index contributed by atoms with van der Waals surface area (Å²) in [5.74, 6) is 2.83. The number of carbonyl (C=O) groups excluding carboxylic acids is 1. The van der Waals surface area contributed by atoms with Crippen LogP contribution in [0.5, 0.6) is 23.1 Å². The van der Waals surface area contributed by atoms with Crippen molar-refractivity contribution in [2.24, 2.45) is 0 Å². The molecule has 3 aromatic carbocycles. The van der Waals surface area contributed by atoms with Crippen molar-refractivity contribution in [1.29, 1.82) is 0 Å². The average Bonchev–Trinajstić information content (AvgIpc) is 2.99. The Morgan fingerprint density at radius 1 is 0.795 bits per heavy atom. The van der Waals surface area contributed by atoms with E-state index in [0.29, 0.717) is 51.8 Å². The zero-order chi connectivity index (χ0) is 27.2. The number of benzene rings is 3. The number of methoxy groups -OCH3 is 2. The predicted molar refractivity (Wildman–Crippen MR) is 149 cm³/mol. The highest BCUT2D eigenvalue weighted by Crippen LogP contribution is 2.37. The quantitative estimate of drug-likeness (QED) is 0.238. The summed E-state index contributed by atoms with van der Waals surface area (Å²) in [6.45, 7) is 0. The van der Waals surface area contributed by atoms with Crippen molar-refractivity contribution in [3.05, 3.63) is 79.3 Å². The summed E-state index contributed by atoms with van der Waals surface area (Å²) in [6, 6.07) is 19.5.